The number of esters is 1. The first-order valence-electron chi connectivity index (χ1n) is 9.66. The van der Waals surface area contributed by atoms with Crippen molar-refractivity contribution in [2.24, 2.45) is 0 Å². The molecule has 154 valence electrons. The second-order valence-corrected chi connectivity index (χ2v) is 7.13. The molecule has 1 aromatic heterocycles. The van der Waals surface area contributed by atoms with Crippen molar-refractivity contribution in [3.05, 3.63) is 77.1 Å². The van der Waals surface area contributed by atoms with E-state index in [1.807, 2.05) is 48.5 Å². The second-order valence-electron chi connectivity index (χ2n) is 7.13. The summed E-state index contributed by atoms with van der Waals surface area (Å²) in [7, 11) is 0. The fourth-order valence-corrected chi connectivity index (χ4v) is 3.45. The van der Waals surface area contributed by atoms with Crippen LogP contribution in [0.1, 0.15) is 46.0 Å². The molecule has 0 aliphatic heterocycles. The molecule has 30 heavy (non-hydrogen) atoms. The third kappa shape index (κ3) is 4.33. The van der Waals surface area contributed by atoms with E-state index in [2.05, 4.69) is 10.3 Å². The Balaban J connectivity index is 1.75. The lowest BCUT2D eigenvalue weighted by molar-refractivity contribution is -0.123. The van der Waals surface area contributed by atoms with Crippen molar-refractivity contribution in [2.45, 2.75) is 33.8 Å². The summed E-state index contributed by atoms with van der Waals surface area (Å²) in [4.78, 5) is 39.9. The van der Waals surface area contributed by atoms with Crippen LogP contribution in [0.15, 0.2) is 54.6 Å². The Hall–Kier alpha value is -3.67. The number of carbonyl (C=O) groups excluding carboxylic acids is 3. The van der Waals surface area contributed by atoms with Gasteiger partial charge < -0.3 is 15.0 Å². The molecule has 0 aliphatic rings. The first-order chi connectivity index (χ1) is 14.3. The topological polar surface area (TPSA) is 88.3 Å². The molecule has 0 fully saturated rings. The van der Waals surface area contributed by atoms with Gasteiger partial charge in [0.05, 0.1) is 0 Å². The molecular weight excluding hydrogens is 380 g/mol. The number of rotatable bonds is 6. The maximum absolute atomic E-state index is 12.7. The molecule has 0 spiro atoms. The maximum Gasteiger partial charge on any atom is 0.355 e. The number of Topliss-reactive ketones (excluding diaryl/α,β-unsaturated/α-hetero) is 1. The zero-order valence-corrected chi connectivity index (χ0v) is 17.4. The molecule has 2 aromatic carbocycles. The van der Waals surface area contributed by atoms with E-state index >= 15 is 0 Å². The van der Waals surface area contributed by atoms with Crippen LogP contribution in [-0.4, -0.2) is 28.7 Å². The van der Waals surface area contributed by atoms with Crippen LogP contribution in [0, 0.1) is 13.8 Å². The van der Waals surface area contributed by atoms with E-state index in [-0.39, 0.29) is 11.5 Å². The van der Waals surface area contributed by atoms with Gasteiger partial charge in [-0.25, -0.2) is 4.79 Å². The van der Waals surface area contributed by atoms with E-state index in [1.54, 1.807) is 19.9 Å². The molecule has 1 amide bonds. The summed E-state index contributed by atoms with van der Waals surface area (Å²) in [6.45, 7) is 6.35. The van der Waals surface area contributed by atoms with Gasteiger partial charge in [0, 0.05) is 22.5 Å². The summed E-state index contributed by atoms with van der Waals surface area (Å²) in [5.74, 6) is -1.26. The Labute approximate surface area is 175 Å². The van der Waals surface area contributed by atoms with Crippen molar-refractivity contribution in [1.82, 2.24) is 4.98 Å². The number of aromatic nitrogens is 1. The molecule has 3 rings (SSSR count). The minimum atomic E-state index is -1.02. The Bertz CT molecular complexity index is 1100. The van der Waals surface area contributed by atoms with Crippen molar-refractivity contribution in [3.8, 4) is 11.1 Å². The van der Waals surface area contributed by atoms with Crippen LogP contribution in [-0.2, 0) is 9.53 Å². The molecule has 0 saturated carbocycles. The Kier molecular flexibility index (Phi) is 6.16. The first kappa shape index (κ1) is 21.0. The third-order valence-corrected chi connectivity index (χ3v) is 4.92. The molecule has 0 saturated heterocycles. The fraction of sp³-hybridized carbons (Fsp3) is 0.208. The minimum Gasteiger partial charge on any atom is -0.448 e. The van der Waals surface area contributed by atoms with Crippen LogP contribution in [0.4, 0.5) is 5.69 Å². The summed E-state index contributed by atoms with van der Waals surface area (Å²) >= 11 is 0. The number of para-hydroxylation sites is 1. The fourth-order valence-electron chi connectivity index (χ4n) is 3.45. The van der Waals surface area contributed by atoms with Crippen molar-refractivity contribution >= 4 is 23.3 Å². The molecule has 0 radical (unpaired) electrons. The van der Waals surface area contributed by atoms with Gasteiger partial charge in [-0.1, -0.05) is 48.5 Å². The van der Waals surface area contributed by atoms with Crippen LogP contribution in [0.3, 0.4) is 0 Å². The largest absolute Gasteiger partial charge is 0.448 e. The molecule has 2 N–H and O–H groups in total. The van der Waals surface area contributed by atoms with Gasteiger partial charge in [-0.2, -0.15) is 0 Å². The normalized spacial score (nSPS) is 11.6. The second kappa shape index (κ2) is 8.78. The molecular formula is C24H24N2O4. The predicted octanol–water partition coefficient (Wildman–Crippen LogP) is 4.69. The molecule has 0 unspecified atom stereocenters. The monoisotopic (exact) mass is 404 g/mol. The van der Waals surface area contributed by atoms with Crippen LogP contribution >= 0.6 is 0 Å². The molecule has 6 heteroatoms. The summed E-state index contributed by atoms with van der Waals surface area (Å²) in [5.41, 5.74) is 4.23. The highest BCUT2D eigenvalue weighted by molar-refractivity contribution is 6.02. The lowest BCUT2D eigenvalue weighted by Crippen LogP contribution is -2.30. The van der Waals surface area contributed by atoms with Gasteiger partial charge >= 0.3 is 5.97 Å². The van der Waals surface area contributed by atoms with Crippen LogP contribution in [0.2, 0.25) is 0 Å². The number of aryl methyl sites for hydroxylation is 1. The molecule has 0 bridgehead atoms. The zero-order valence-electron chi connectivity index (χ0n) is 17.4. The van der Waals surface area contributed by atoms with E-state index in [1.165, 1.54) is 13.8 Å². The SMILES string of the molecule is CC(=O)c1c(C)[nH]c(C(=O)O[C@@H](C)C(=O)Nc2ccccc2-c2ccccc2)c1C. The van der Waals surface area contributed by atoms with E-state index in [4.69, 9.17) is 4.74 Å². The molecule has 1 heterocycles. The summed E-state index contributed by atoms with van der Waals surface area (Å²) in [6.07, 6.45) is -1.02. The number of hydrogen-bond donors (Lipinski definition) is 2. The minimum absolute atomic E-state index is 0.136. The number of hydrogen-bond acceptors (Lipinski definition) is 4. The Morgan fingerprint density at radius 2 is 1.60 bits per heavy atom. The highest BCUT2D eigenvalue weighted by Gasteiger charge is 2.25. The van der Waals surface area contributed by atoms with Gasteiger partial charge in [-0.05, 0) is 44.9 Å². The average Bonchev–Trinajstić information content (AvgIpc) is 3.03. The standard InChI is InChI=1S/C24H24N2O4/c1-14-21(16(3)27)15(2)25-22(14)24(29)30-17(4)23(28)26-20-13-9-8-12-19(20)18-10-6-5-7-11-18/h5-13,17,25H,1-4H3,(H,26,28)/t17-/m0/s1. The number of nitrogens with one attached hydrogen (secondary N) is 2. The van der Waals surface area contributed by atoms with Gasteiger partial charge in [0.15, 0.2) is 11.9 Å². The maximum atomic E-state index is 12.7. The third-order valence-electron chi connectivity index (χ3n) is 4.92. The number of ketones is 1. The Morgan fingerprint density at radius 1 is 0.967 bits per heavy atom. The van der Waals surface area contributed by atoms with Gasteiger partial charge in [0.25, 0.3) is 5.91 Å². The molecule has 0 aliphatic carbocycles. The number of amides is 1. The number of ether oxygens (including phenoxy) is 1. The number of carbonyl (C=O) groups is 3. The van der Waals surface area contributed by atoms with Crippen molar-refractivity contribution in [1.29, 1.82) is 0 Å². The highest BCUT2D eigenvalue weighted by atomic mass is 16.5. The van der Waals surface area contributed by atoms with E-state index < -0.39 is 18.0 Å². The average molecular weight is 404 g/mol. The van der Waals surface area contributed by atoms with Crippen molar-refractivity contribution in [2.75, 3.05) is 5.32 Å². The van der Waals surface area contributed by atoms with E-state index in [0.29, 0.717) is 22.5 Å². The number of benzene rings is 2. The summed E-state index contributed by atoms with van der Waals surface area (Å²) in [5, 5.41) is 2.83. The smallest absolute Gasteiger partial charge is 0.355 e. The van der Waals surface area contributed by atoms with E-state index in [0.717, 1.165) is 11.1 Å². The highest BCUT2D eigenvalue weighted by Crippen LogP contribution is 2.28. The van der Waals surface area contributed by atoms with Gasteiger partial charge in [-0.15, -0.1) is 0 Å². The lowest BCUT2D eigenvalue weighted by Gasteiger charge is -2.16. The summed E-state index contributed by atoms with van der Waals surface area (Å²) < 4.78 is 5.35. The molecule has 1 atom stereocenters. The lowest BCUT2D eigenvalue weighted by atomic mass is 10.0. The van der Waals surface area contributed by atoms with E-state index in [9.17, 15) is 14.4 Å². The van der Waals surface area contributed by atoms with Crippen LogP contribution in [0.5, 0.6) is 0 Å². The molecule has 6 nitrogen and oxygen atoms in total. The van der Waals surface area contributed by atoms with Gasteiger partial charge in [0.2, 0.25) is 0 Å². The van der Waals surface area contributed by atoms with Gasteiger partial charge in [-0.3, -0.25) is 9.59 Å². The van der Waals surface area contributed by atoms with Gasteiger partial charge in [0.1, 0.15) is 5.69 Å². The quantitative estimate of drug-likeness (QED) is 0.461. The Morgan fingerprint density at radius 3 is 2.23 bits per heavy atom. The first-order valence-corrected chi connectivity index (χ1v) is 9.66. The zero-order chi connectivity index (χ0) is 21.8. The number of anilines is 1. The van der Waals surface area contributed by atoms with Crippen molar-refractivity contribution < 1.29 is 19.1 Å². The molecule has 3 aromatic rings. The van der Waals surface area contributed by atoms with Crippen LogP contribution in [0.25, 0.3) is 11.1 Å². The van der Waals surface area contributed by atoms with Crippen LogP contribution < -0.4 is 5.32 Å². The summed E-state index contributed by atoms with van der Waals surface area (Å²) in [6, 6.07) is 17.1. The van der Waals surface area contributed by atoms with Crippen molar-refractivity contribution in [3.63, 3.8) is 0 Å². The predicted molar refractivity (Wildman–Crippen MR) is 116 cm³/mol. The number of aromatic amines is 1. The number of H-pyrrole nitrogens is 1.